The van der Waals surface area contributed by atoms with Gasteiger partial charge < -0.3 is 5.32 Å². The number of thiophene rings is 1. The van der Waals surface area contributed by atoms with Crippen LogP contribution in [-0.4, -0.2) is 35.9 Å². The summed E-state index contributed by atoms with van der Waals surface area (Å²) in [5, 5.41) is 5.83. The number of benzene rings is 1. The van der Waals surface area contributed by atoms with Crippen LogP contribution in [0.4, 0.5) is 0 Å². The second-order valence-corrected chi connectivity index (χ2v) is 8.33. The Morgan fingerprint density at radius 3 is 2.72 bits per heavy atom. The van der Waals surface area contributed by atoms with Gasteiger partial charge in [-0.1, -0.05) is 24.3 Å². The molecule has 2 aromatic rings. The average Bonchev–Trinajstić information content (AvgIpc) is 3.27. The van der Waals surface area contributed by atoms with Crippen LogP contribution in [0.15, 0.2) is 35.7 Å². The molecule has 1 aromatic heterocycles. The molecule has 0 spiro atoms. The summed E-state index contributed by atoms with van der Waals surface area (Å²) >= 11 is 1.56. The normalized spacial score (nSPS) is 21.4. The molecule has 3 nitrogen and oxygen atoms in total. The lowest BCUT2D eigenvalue weighted by Gasteiger charge is -2.37. The van der Waals surface area contributed by atoms with Crippen LogP contribution in [0.25, 0.3) is 0 Å². The van der Waals surface area contributed by atoms with Crippen molar-refractivity contribution in [1.82, 2.24) is 10.2 Å². The fraction of sp³-hybridized carbons (Fsp3) is 0.476. The van der Waals surface area contributed by atoms with Crippen molar-refractivity contribution in [3.8, 4) is 0 Å². The van der Waals surface area contributed by atoms with Crippen LogP contribution in [0, 0.1) is 0 Å². The molecule has 1 atom stereocenters. The molecule has 0 bridgehead atoms. The van der Waals surface area contributed by atoms with E-state index in [0.717, 1.165) is 18.0 Å². The third kappa shape index (κ3) is 3.86. The summed E-state index contributed by atoms with van der Waals surface area (Å²) < 4.78 is 0. The van der Waals surface area contributed by atoms with E-state index >= 15 is 0 Å². The highest BCUT2D eigenvalue weighted by molar-refractivity contribution is 7.12. The minimum atomic E-state index is 0.167. The monoisotopic (exact) mass is 354 g/mol. The van der Waals surface area contributed by atoms with Gasteiger partial charge in [0.2, 0.25) is 0 Å². The number of fused-ring (bicyclic) bond motifs is 1. The standard InChI is InChI=1S/C21H26N2OS/c1-15(24)21-9-16(14-25-21)12-22-19-7-4-8-23(13-19)20-10-17-5-2-3-6-18(17)11-20/h2-3,5-6,9,14,19-20,22H,4,7-8,10-13H2,1H3/t19-/m0/s1. The molecule has 0 saturated carbocycles. The van der Waals surface area contributed by atoms with E-state index in [1.54, 1.807) is 18.3 Å². The highest BCUT2D eigenvalue weighted by Gasteiger charge is 2.30. The zero-order valence-corrected chi connectivity index (χ0v) is 15.6. The van der Waals surface area contributed by atoms with Crippen molar-refractivity contribution in [2.75, 3.05) is 13.1 Å². The molecule has 1 aromatic carbocycles. The molecule has 4 heteroatoms. The Balaban J connectivity index is 1.31. The molecule has 4 rings (SSSR count). The molecular formula is C21H26N2OS. The van der Waals surface area contributed by atoms with Gasteiger partial charge in [-0.2, -0.15) is 0 Å². The van der Waals surface area contributed by atoms with Crippen molar-refractivity contribution in [1.29, 1.82) is 0 Å². The third-order valence-electron chi connectivity index (χ3n) is 5.59. The molecule has 25 heavy (non-hydrogen) atoms. The SMILES string of the molecule is CC(=O)c1cc(CN[C@H]2CCCN(C3Cc4ccccc4C3)C2)cs1. The average molecular weight is 355 g/mol. The summed E-state index contributed by atoms with van der Waals surface area (Å²) in [6.07, 6.45) is 4.93. The van der Waals surface area contributed by atoms with Crippen molar-refractivity contribution < 1.29 is 4.79 Å². The maximum atomic E-state index is 11.4. The Morgan fingerprint density at radius 2 is 2.04 bits per heavy atom. The molecule has 1 aliphatic carbocycles. The number of nitrogens with one attached hydrogen (secondary N) is 1. The summed E-state index contributed by atoms with van der Waals surface area (Å²) in [6, 6.07) is 12.2. The topological polar surface area (TPSA) is 32.3 Å². The predicted octanol–water partition coefficient (Wildman–Crippen LogP) is 3.67. The third-order valence-corrected chi connectivity index (χ3v) is 6.67. The van der Waals surface area contributed by atoms with E-state index in [2.05, 4.69) is 39.9 Å². The summed E-state index contributed by atoms with van der Waals surface area (Å²) in [7, 11) is 0. The van der Waals surface area contributed by atoms with Crippen LogP contribution >= 0.6 is 11.3 Å². The number of Topliss-reactive ketones (excluding diaryl/α,β-unsaturated/α-hetero) is 1. The van der Waals surface area contributed by atoms with E-state index in [1.807, 2.05) is 6.07 Å². The van der Waals surface area contributed by atoms with Gasteiger partial charge in [0.1, 0.15) is 0 Å². The van der Waals surface area contributed by atoms with Crippen LogP contribution in [0.5, 0.6) is 0 Å². The number of hydrogen-bond donors (Lipinski definition) is 1. The van der Waals surface area contributed by atoms with Gasteiger partial charge >= 0.3 is 0 Å². The van der Waals surface area contributed by atoms with Crippen LogP contribution in [0.3, 0.4) is 0 Å². The second kappa shape index (κ2) is 7.40. The maximum Gasteiger partial charge on any atom is 0.169 e. The van der Waals surface area contributed by atoms with Gasteiger partial charge in [0.25, 0.3) is 0 Å². The summed E-state index contributed by atoms with van der Waals surface area (Å²) in [4.78, 5) is 15.0. The molecule has 0 amide bonds. The fourth-order valence-electron chi connectivity index (χ4n) is 4.21. The second-order valence-electron chi connectivity index (χ2n) is 7.42. The van der Waals surface area contributed by atoms with Crippen LogP contribution < -0.4 is 5.32 Å². The number of hydrogen-bond acceptors (Lipinski definition) is 4. The van der Waals surface area contributed by atoms with E-state index < -0.39 is 0 Å². The number of piperidine rings is 1. The first-order chi connectivity index (χ1) is 12.2. The number of rotatable bonds is 5. The molecule has 1 saturated heterocycles. The van der Waals surface area contributed by atoms with Gasteiger partial charge in [0, 0.05) is 25.2 Å². The van der Waals surface area contributed by atoms with E-state index in [1.165, 1.54) is 48.9 Å². The van der Waals surface area contributed by atoms with E-state index in [0.29, 0.717) is 12.1 Å². The maximum absolute atomic E-state index is 11.4. The lowest BCUT2D eigenvalue weighted by molar-refractivity contribution is 0.102. The molecule has 1 fully saturated rings. The Kier molecular flexibility index (Phi) is 5.02. The first-order valence-electron chi connectivity index (χ1n) is 9.31. The zero-order chi connectivity index (χ0) is 17.2. The summed E-state index contributed by atoms with van der Waals surface area (Å²) in [5.41, 5.74) is 4.32. The summed E-state index contributed by atoms with van der Waals surface area (Å²) in [6.45, 7) is 4.88. The van der Waals surface area contributed by atoms with Crippen molar-refractivity contribution in [3.63, 3.8) is 0 Å². The molecule has 0 radical (unpaired) electrons. The van der Waals surface area contributed by atoms with E-state index in [4.69, 9.17) is 0 Å². The summed E-state index contributed by atoms with van der Waals surface area (Å²) in [5.74, 6) is 0.167. The minimum absolute atomic E-state index is 0.167. The fourth-order valence-corrected chi connectivity index (χ4v) is 5.03. The zero-order valence-electron chi connectivity index (χ0n) is 14.8. The van der Waals surface area contributed by atoms with Gasteiger partial charge in [-0.3, -0.25) is 9.69 Å². The van der Waals surface area contributed by atoms with Gasteiger partial charge in [0.05, 0.1) is 4.88 Å². The quantitative estimate of drug-likeness (QED) is 0.832. The van der Waals surface area contributed by atoms with Gasteiger partial charge in [-0.25, -0.2) is 0 Å². The highest BCUT2D eigenvalue weighted by atomic mass is 32.1. The lowest BCUT2D eigenvalue weighted by atomic mass is 10.0. The van der Waals surface area contributed by atoms with Crippen LogP contribution in [0.1, 0.15) is 46.1 Å². The lowest BCUT2D eigenvalue weighted by Crippen LogP contribution is -2.49. The molecule has 132 valence electrons. The van der Waals surface area contributed by atoms with Crippen molar-refractivity contribution in [3.05, 3.63) is 57.3 Å². The molecule has 1 N–H and O–H groups in total. The molecule has 1 aliphatic heterocycles. The first-order valence-corrected chi connectivity index (χ1v) is 10.2. The van der Waals surface area contributed by atoms with Crippen molar-refractivity contribution in [2.45, 2.75) is 51.2 Å². The van der Waals surface area contributed by atoms with Gasteiger partial charge in [0.15, 0.2) is 5.78 Å². The molecule has 2 heterocycles. The molecule has 0 unspecified atom stereocenters. The Morgan fingerprint density at radius 1 is 1.28 bits per heavy atom. The number of nitrogens with zero attached hydrogens (tertiary/aromatic N) is 1. The van der Waals surface area contributed by atoms with Crippen molar-refractivity contribution in [2.24, 2.45) is 0 Å². The first kappa shape index (κ1) is 17.0. The van der Waals surface area contributed by atoms with E-state index in [-0.39, 0.29) is 5.78 Å². The smallest absolute Gasteiger partial charge is 0.169 e. The minimum Gasteiger partial charge on any atom is -0.309 e. The molecular weight excluding hydrogens is 328 g/mol. The Bertz CT molecular complexity index is 729. The predicted molar refractivity (Wildman–Crippen MR) is 103 cm³/mol. The van der Waals surface area contributed by atoms with Crippen LogP contribution in [-0.2, 0) is 19.4 Å². The molecule has 2 aliphatic rings. The van der Waals surface area contributed by atoms with Gasteiger partial charge in [-0.05, 0) is 67.3 Å². The van der Waals surface area contributed by atoms with Gasteiger partial charge in [-0.15, -0.1) is 11.3 Å². The highest BCUT2D eigenvalue weighted by Crippen LogP contribution is 2.27. The van der Waals surface area contributed by atoms with Crippen molar-refractivity contribution >= 4 is 17.1 Å². The largest absolute Gasteiger partial charge is 0.309 e. The van der Waals surface area contributed by atoms with E-state index in [9.17, 15) is 4.79 Å². The number of carbonyl (C=O) groups is 1. The Hall–Kier alpha value is -1.49. The number of likely N-dealkylation sites (tertiary alicyclic amines) is 1. The van der Waals surface area contributed by atoms with Crippen LogP contribution in [0.2, 0.25) is 0 Å². The number of carbonyl (C=O) groups excluding carboxylic acids is 1. The number of ketones is 1. The Labute approximate surface area is 154 Å².